The van der Waals surface area contributed by atoms with Crippen LogP contribution < -0.4 is 0 Å². The number of hydrogen-bond donors (Lipinski definition) is 0. The summed E-state index contributed by atoms with van der Waals surface area (Å²) >= 11 is 0. The fourth-order valence-electron chi connectivity index (χ4n) is 2.93. The predicted octanol–water partition coefficient (Wildman–Crippen LogP) is 2.55. The molecule has 8 heteroatoms. The van der Waals surface area contributed by atoms with Gasteiger partial charge in [0.1, 0.15) is 5.75 Å². The molecule has 0 spiro atoms. The lowest BCUT2D eigenvalue weighted by atomic mass is 10.1. The topological polar surface area (TPSA) is 90.6 Å². The number of pyridine rings is 1. The predicted molar refractivity (Wildman–Crippen MR) is 101 cm³/mol. The molecule has 0 aliphatic rings. The van der Waals surface area contributed by atoms with Gasteiger partial charge in [0.15, 0.2) is 10.9 Å². The summed E-state index contributed by atoms with van der Waals surface area (Å²) in [7, 11) is -3.69. The molecule has 0 aliphatic heterocycles. The van der Waals surface area contributed by atoms with Crippen molar-refractivity contribution in [1.82, 2.24) is 25.2 Å². The highest BCUT2D eigenvalue weighted by Gasteiger charge is 2.22. The van der Waals surface area contributed by atoms with E-state index in [1.54, 1.807) is 12.1 Å². The van der Waals surface area contributed by atoms with Crippen LogP contribution in [0.2, 0.25) is 0 Å². The summed E-state index contributed by atoms with van der Waals surface area (Å²) in [6.07, 6.45) is 0. The first-order valence-electron chi connectivity index (χ1n) is 8.41. The number of aryl methyl sites for hydroxylation is 1. The van der Waals surface area contributed by atoms with Gasteiger partial charge in [0.25, 0.3) is 0 Å². The molecule has 0 fully saturated rings. The molecule has 2 aromatic carbocycles. The molecule has 27 heavy (non-hydrogen) atoms. The van der Waals surface area contributed by atoms with Gasteiger partial charge in [-0.15, -0.1) is 5.10 Å². The molecular weight excluding hydrogens is 362 g/mol. The maximum Gasteiger partial charge on any atom is 0.202 e. The van der Waals surface area contributed by atoms with Gasteiger partial charge in [0.05, 0.1) is 12.1 Å². The minimum Gasteiger partial charge on any atom is -0.236 e. The maximum atomic E-state index is 12.9. The standard InChI is InChI=1S/C19H17N5O2S/c1-14-11-19(20-17-10-6-5-9-16(14)17)27(25,26)13-18-21-22-23-24(18)12-15-7-3-2-4-8-15/h2-11H,12-13H2,1H3. The van der Waals surface area contributed by atoms with Crippen LogP contribution in [0.1, 0.15) is 17.0 Å². The van der Waals surface area contributed by atoms with E-state index in [9.17, 15) is 8.42 Å². The van der Waals surface area contributed by atoms with E-state index in [4.69, 9.17) is 0 Å². The summed E-state index contributed by atoms with van der Waals surface area (Å²) in [5.74, 6) is -0.0242. The van der Waals surface area contributed by atoms with Crippen molar-refractivity contribution >= 4 is 20.7 Å². The van der Waals surface area contributed by atoms with Gasteiger partial charge in [-0.1, -0.05) is 48.5 Å². The van der Waals surface area contributed by atoms with E-state index in [0.29, 0.717) is 12.1 Å². The van der Waals surface area contributed by atoms with Gasteiger partial charge in [-0.05, 0) is 40.6 Å². The van der Waals surface area contributed by atoms with Gasteiger partial charge in [0.2, 0.25) is 9.84 Å². The lowest BCUT2D eigenvalue weighted by Crippen LogP contribution is -2.14. The number of sulfone groups is 1. The highest BCUT2D eigenvalue weighted by Crippen LogP contribution is 2.22. The summed E-state index contributed by atoms with van der Waals surface area (Å²) in [4.78, 5) is 4.34. The summed E-state index contributed by atoms with van der Waals surface area (Å²) in [5, 5.41) is 12.4. The molecule has 0 saturated carbocycles. The lowest BCUT2D eigenvalue weighted by molar-refractivity contribution is 0.583. The fraction of sp³-hybridized carbons (Fsp3) is 0.158. The number of para-hydroxylation sites is 1. The highest BCUT2D eigenvalue weighted by molar-refractivity contribution is 7.90. The monoisotopic (exact) mass is 379 g/mol. The Morgan fingerprint density at radius 1 is 1.00 bits per heavy atom. The second-order valence-electron chi connectivity index (χ2n) is 6.29. The van der Waals surface area contributed by atoms with E-state index >= 15 is 0 Å². The third-order valence-corrected chi connectivity index (χ3v) is 5.80. The van der Waals surface area contributed by atoms with E-state index in [-0.39, 0.29) is 16.6 Å². The molecule has 0 aliphatic carbocycles. The Morgan fingerprint density at radius 2 is 1.74 bits per heavy atom. The van der Waals surface area contributed by atoms with Crippen LogP contribution in [0.3, 0.4) is 0 Å². The smallest absolute Gasteiger partial charge is 0.202 e. The van der Waals surface area contributed by atoms with Gasteiger partial charge in [-0.3, -0.25) is 0 Å². The molecular formula is C19H17N5O2S. The van der Waals surface area contributed by atoms with Crippen LogP contribution in [0.5, 0.6) is 0 Å². The zero-order chi connectivity index (χ0) is 18.9. The van der Waals surface area contributed by atoms with E-state index in [0.717, 1.165) is 16.5 Å². The third-order valence-electron chi connectivity index (χ3n) is 4.32. The molecule has 0 bridgehead atoms. The van der Waals surface area contributed by atoms with Crippen LogP contribution in [0.15, 0.2) is 65.7 Å². The zero-order valence-electron chi connectivity index (χ0n) is 14.6. The van der Waals surface area contributed by atoms with Gasteiger partial charge >= 0.3 is 0 Å². The highest BCUT2D eigenvalue weighted by atomic mass is 32.2. The number of rotatable bonds is 5. The summed E-state index contributed by atoms with van der Waals surface area (Å²) in [6.45, 7) is 2.28. The maximum absolute atomic E-state index is 12.9. The number of hydrogen-bond acceptors (Lipinski definition) is 6. The van der Waals surface area contributed by atoms with E-state index < -0.39 is 9.84 Å². The first-order valence-corrected chi connectivity index (χ1v) is 10.1. The Labute approximate surface area is 156 Å². The van der Waals surface area contributed by atoms with E-state index in [1.165, 1.54) is 4.68 Å². The largest absolute Gasteiger partial charge is 0.236 e. The summed E-state index contributed by atoms with van der Waals surface area (Å²) in [5.41, 5.74) is 2.51. The molecule has 7 nitrogen and oxygen atoms in total. The Kier molecular flexibility index (Phi) is 4.41. The number of fused-ring (bicyclic) bond motifs is 1. The van der Waals surface area contributed by atoms with Crippen molar-refractivity contribution in [3.63, 3.8) is 0 Å². The second-order valence-corrected chi connectivity index (χ2v) is 8.23. The zero-order valence-corrected chi connectivity index (χ0v) is 15.5. The first-order chi connectivity index (χ1) is 13.0. The van der Waals surface area contributed by atoms with Crippen molar-refractivity contribution in [2.24, 2.45) is 0 Å². The van der Waals surface area contributed by atoms with Gasteiger partial charge in [0, 0.05) is 5.39 Å². The number of nitrogens with zero attached hydrogens (tertiary/aromatic N) is 5. The molecule has 0 atom stereocenters. The number of aromatic nitrogens is 5. The Bertz CT molecular complexity index is 1200. The minimum atomic E-state index is -3.69. The Morgan fingerprint density at radius 3 is 2.56 bits per heavy atom. The van der Waals surface area contributed by atoms with E-state index in [2.05, 4.69) is 20.5 Å². The SMILES string of the molecule is Cc1cc(S(=O)(=O)Cc2nnnn2Cc2ccccc2)nc2ccccc12. The van der Waals surface area contributed by atoms with Crippen molar-refractivity contribution in [1.29, 1.82) is 0 Å². The fourth-order valence-corrected chi connectivity index (χ4v) is 4.22. The lowest BCUT2D eigenvalue weighted by Gasteiger charge is -2.08. The van der Waals surface area contributed by atoms with Crippen molar-refractivity contribution in [2.75, 3.05) is 0 Å². The van der Waals surface area contributed by atoms with Crippen LogP contribution in [-0.2, 0) is 22.1 Å². The first kappa shape index (κ1) is 17.3. The van der Waals surface area contributed by atoms with Crippen LogP contribution in [0, 0.1) is 6.92 Å². The third kappa shape index (κ3) is 3.56. The minimum absolute atomic E-state index is 0.0351. The van der Waals surface area contributed by atoms with Crippen LogP contribution >= 0.6 is 0 Å². The van der Waals surface area contributed by atoms with Crippen LogP contribution in [0.25, 0.3) is 10.9 Å². The molecule has 0 amide bonds. The summed E-state index contributed by atoms with van der Waals surface area (Å²) in [6, 6.07) is 18.7. The Hall–Kier alpha value is -3.13. The van der Waals surface area contributed by atoms with Gasteiger partial charge < -0.3 is 0 Å². The van der Waals surface area contributed by atoms with Crippen molar-refractivity contribution in [2.45, 2.75) is 24.2 Å². The molecule has 0 unspecified atom stereocenters. The average molecular weight is 379 g/mol. The molecule has 2 aromatic heterocycles. The molecule has 4 aromatic rings. The van der Waals surface area contributed by atoms with E-state index in [1.807, 2.05) is 55.5 Å². The van der Waals surface area contributed by atoms with Gasteiger partial charge in [-0.25, -0.2) is 18.1 Å². The number of tetrazole rings is 1. The molecule has 0 N–H and O–H groups in total. The van der Waals surface area contributed by atoms with Crippen LogP contribution in [-0.4, -0.2) is 33.6 Å². The molecule has 4 rings (SSSR count). The second kappa shape index (κ2) is 6.88. The quantitative estimate of drug-likeness (QED) is 0.529. The van der Waals surface area contributed by atoms with Crippen LogP contribution in [0.4, 0.5) is 0 Å². The normalized spacial score (nSPS) is 11.7. The van der Waals surface area contributed by atoms with Crippen molar-refractivity contribution in [3.05, 3.63) is 77.6 Å². The number of benzene rings is 2. The van der Waals surface area contributed by atoms with Crippen molar-refractivity contribution < 1.29 is 8.42 Å². The molecule has 0 saturated heterocycles. The molecule has 0 radical (unpaired) electrons. The Balaban J connectivity index is 1.66. The average Bonchev–Trinajstić information content (AvgIpc) is 3.08. The molecule has 2 heterocycles. The summed E-state index contributed by atoms with van der Waals surface area (Å²) < 4.78 is 27.4. The van der Waals surface area contributed by atoms with Gasteiger partial charge in [-0.2, -0.15) is 0 Å². The van der Waals surface area contributed by atoms with Crippen molar-refractivity contribution in [3.8, 4) is 0 Å². The molecule has 136 valence electrons.